The van der Waals surface area contributed by atoms with Crippen LogP contribution in [-0.4, -0.2) is 36.0 Å². The Morgan fingerprint density at radius 3 is 3.12 bits per heavy atom. The molecule has 0 amide bonds. The summed E-state index contributed by atoms with van der Waals surface area (Å²) in [6.07, 6.45) is 0.248. The Morgan fingerprint density at radius 2 is 2.35 bits per heavy atom. The van der Waals surface area contributed by atoms with Gasteiger partial charge in [-0.05, 0) is 30.2 Å². The number of hydrogen-bond acceptors (Lipinski definition) is 2. The van der Waals surface area contributed by atoms with Gasteiger partial charge >= 0.3 is 0 Å². The molecule has 0 N–H and O–H groups in total. The van der Waals surface area contributed by atoms with Gasteiger partial charge < -0.3 is 4.74 Å². The van der Waals surface area contributed by atoms with Crippen LogP contribution in [0.3, 0.4) is 0 Å². The minimum Gasteiger partial charge on any atom is -0.375 e. The summed E-state index contributed by atoms with van der Waals surface area (Å²) in [4.78, 5) is 2.32. The number of aryl methyl sites for hydroxylation is 1. The molecule has 1 atom stereocenters. The first-order valence-electron chi connectivity index (χ1n) is 5.84. The second kappa shape index (κ2) is 5.94. The molecule has 0 aromatic heterocycles. The predicted octanol–water partition coefficient (Wildman–Crippen LogP) is 2.73. The van der Waals surface area contributed by atoms with Gasteiger partial charge in [-0.2, -0.15) is 0 Å². The van der Waals surface area contributed by atoms with E-state index in [1.54, 1.807) is 6.07 Å². The van der Waals surface area contributed by atoms with Crippen molar-refractivity contribution in [3.63, 3.8) is 0 Å². The Hall–Kier alpha value is -0.450. The largest absolute Gasteiger partial charge is 0.375 e. The topological polar surface area (TPSA) is 12.5 Å². The van der Waals surface area contributed by atoms with E-state index in [9.17, 15) is 4.39 Å². The molecule has 1 saturated heterocycles. The van der Waals surface area contributed by atoms with Crippen LogP contribution in [-0.2, 0) is 11.3 Å². The van der Waals surface area contributed by atoms with Crippen LogP contribution in [0.5, 0.6) is 0 Å². The van der Waals surface area contributed by atoms with Crippen LogP contribution in [0.2, 0.25) is 0 Å². The van der Waals surface area contributed by atoms with E-state index < -0.39 is 0 Å². The second-order valence-electron chi connectivity index (χ2n) is 4.45. The molecule has 0 aliphatic carbocycles. The molecule has 1 aliphatic heterocycles. The van der Waals surface area contributed by atoms with E-state index in [0.717, 1.165) is 42.7 Å². The molecule has 1 unspecified atom stereocenters. The van der Waals surface area contributed by atoms with Crippen LogP contribution in [0, 0.1) is 12.7 Å². The second-order valence-corrected chi connectivity index (χ2v) is 5.10. The summed E-state index contributed by atoms with van der Waals surface area (Å²) in [6.45, 7) is 5.40. The first-order valence-corrected chi connectivity index (χ1v) is 6.96. The molecule has 1 aromatic carbocycles. The third-order valence-electron chi connectivity index (χ3n) is 3.10. The number of morpholine rings is 1. The highest BCUT2D eigenvalue weighted by Crippen LogP contribution is 2.16. The number of nitrogens with zero attached hydrogens (tertiary/aromatic N) is 1. The lowest BCUT2D eigenvalue weighted by Gasteiger charge is -2.32. The van der Waals surface area contributed by atoms with Crippen molar-refractivity contribution in [2.24, 2.45) is 0 Å². The fraction of sp³-hybridized carbons (Fsp3) is 0.538. The fourth-order valence-corrected chi connectivity index (χ4v) is 2.46. The number of ether oxygens (including phenoxy) is 1. The summed E-state index contributed by atoms with van der Waals surface area (Å²) in [5, 5.41) is 0.853. The molecular formula is C13H17BrFNO. The van der Waals surface area contributed by atoms with Crippen LogP contribution in [0.15, 0.2) is 18.2 Å². The van der Waals surface area contributed by atoms with Crippen LogP contribution in [0.25, 0.3) is 0 Å². The standard InChI is InChI=1S/C13H17BrFNO/c1-10-2-3-12(15)6-11(10)8-16-4-5-17-13(7-14)9-16/h2-3,6,13H,4-5,7-9H2,1H3. The summed E-state index contributed by atoms with van der Waals surface area (Å²) in [5.41, 5.74) is 2.22. The van der Waals surface area contributed by atoms with E-state index in [-0.39, 0.29) is 11.9 Å². The zero-order valence-electron chi connectivity index (χ0n) is 9.96. The maximum Gasteiger partial charge on any atom is 0.123 e. The minimum atomic E-state index is -0.157. The van der Waals surface area contributed by atoms with Crippen molar-refractivity contribution in [2.75, 3.05) is 25.0 Å². The zero-order chi connectivity index (χ0) is 12.3. The Balaban J connectivity index is 2.02. The Labute approximate surface area is 110 Å². The third-order valence-corrected chi connectivity index (χ3v) is 3.82. The van der Waals surface area contributed by atoms with Crippen LogP contribution >= 0.6 is 15.9 Å². The van der Waals surface area contributed by atoms with Gasteiger partial charge in [0.1, 0.15) is 5.82 Å². The molecule has 4 heteroatoms. The highest BCUT2D eigenvalue weighted by atomic mass is 79.9. The molecule has 1 aliphatic rings. The molecule has 94 valence electrons. The number of alkyl halides is 1. The van der Waals surface area contributed by atoms with E-state index in [1.165, 1.54) is 6.07 Å². The Kier molecular flexibility index (Phi) is 4.54. The van der Waals surface area contributed by atoms with Crippen molar-refractivity contribution in [3.05, 3.63) is 35.1 Å². The number of hydrogen-bond donors (Lipinski definition) is 0. The summed E-state index contributed by atoms with van der Waals surface area (Å²) >= 11 is 3.44. The van der Waals surface area contributed by atoms with E-state index in [2.05, 4.69) is 20.8 Å². The van der Waals surface area contributed by atoms with Gasteiger partial charge in [0.05, 0.1) is 12.7 Å². The lowest BCUT2D eigenvalue weighted by Crippen LogP contribution is -2.42. The Bertz CT molecular complexity index is 386. The molecule has 0 spiro atoms. The highest BCUT2D eigenvalue weighted by Gasteiger charge is 2.19. The maximum absolute atomic E-state index is 13.2. The van der Waals surface area contributed by atoms with Crippen LogP contribution in [0.1, 0.15) is 11.1 Å². The first-order chi connectivity index (χ1) is 8.19. The molecule has 1 heterocycles. The molecular weight excluding hydrogens is 285 g/mol. The SMILES string of the molecule is Cc1ccc(F)cc1CN1CCOC(CBr)C1. The minimum absolute atomic E-state index is 0.157. The van der Waals surface area contributed by atoms with Gasteiger partial charge in [-0.3, -0.25) is 4.90 Å². The normalized spacial score (nSPS) is 21.7. The molecule has 2 rings (SSSR count). The third kappa shape index (κ3) is 3.50. The van der Waals surface area contributed by atoms with Gasteiger partial charge in [0.15, 0.2) is 0 Å². The molecule has 17 heavy (non-hydrogen) atoms. The number of rotatable bonds is 3. The van der Waals surface area contributed by atoms with Gasteiger partial charge in [0, 0.05) is 25.0 Å². The summed E-state index contributed by atoms with van der Waals surface area (Å²) < 4.78 is 18.8. The monoisotopic (exact) mass is 301 g/mol. The Morgan fingerprint density at radius 1 is 1.53 bits per heavy atom. The lowest BCUT2D eigenvalue weighted by atomic mass is 10.1. The smallest absolute Gasteiger partial charge is 0.123 e. The highest BCUT2D eigenvalue weighted by molar-refractivity contribution is 9.09. The quantitative estimate of drug-likeness (QED) is 0.796. The van der Waals surface area contributed by atoms with Gasteiger partial charge in [0.2, 0.25) is 0 Å². The van der Waals surface area contributed by atoms with Crippen molar-refractivity contribution >= 4 is 15.9 Å². The summed E-state index contributed by atoms with van der Waals surface area (Å²) in [7, 11) is 0. The van der Waals surface area contributed by atoms with Crippen LogP contribution in [0.4, 0.5) is 4.39 Å². The molecule has 2 nitrogen and oxygen atoms in total. The van der Waals surface area contributed by atoms with Crippen molar-refractivity contribution < 1.29 is 9.13 Å². The van der Waals surface area contributed by atoms with Crippen molar-refractivity contribution in [1.29, 1.82) is 0 Å². The van der Waals surface area contributed by atoms with Gasteiger partial charge in [-0.25, -0.2) is 4.39 Å². The van der Waals surface area contributed by atoms with Crippen molar-refractivity contribution in [2.45, 2.75) is 19.6 Å². The molecule has 1 aromatic rings. The molecule has 0 bridgehead atoms. The van der Waals surface area contributed by atoms with E-state index >= 15 is 0 Å². The average Bonchev–Trinajstić information content (AvgIpc) is 2.34. The van der Waals surface area contributed by atoms with Crippen molar-refractivity contribution in [1.82, 2.24) is 4.90 Å². The fourth-order valence-electron chi connectivity index (χ4n) is 2.07. The molecule has 0 saturated carbocycles. The first kappa shape index (κ1) is 13.0. The lowest BCUT2D eigenvalue weighted by molar-refractivity contribution is -0.0182. The number of halogens is 2. The summed E-state index contributed by atoms with van der Waals surface area (Å²) in [6, 6.07) is 4.99. The molecule has 0 radical (unpaired) electrons. The van der Waals surface area contributed by atoms with E-state index in [4.69, 9.17) is 4.74 Å². The van der Waals surface area contributed by atoms with Gasteiger partial charge in [-0.15, -0.1) is 0 Å². The van der Waals surface area contributed by atoms with Crippen molar-refractivity contribution in [3.8, 4) is 0 Å². The number of benzene rings is 1. The summed E-state index contributed by atoms with van der Waals surface area (Å²) in [5.74, 6) is -0.157. The van der Waals surface area contributed by atoms with Gasteiger partial charge in [-0.1, -0.05) is 22.0 Å². The predicted molar refractivity (Wildman–Crippen MR) is 69.9 cm³/mol. The maximum atomic E-state index is 13.2. The molecule has 1 fully saturated rings. The zero-order valence-corrected chi connectivity index (χ0v) is 11.5. The van der Waals surface area contributed by atoms with Gasteiger partial charge in [0.25, 0.3) is 0 Å². The van der Waals surface area contributed by atoms with E-state index in [1.807, 2.05) is 13.0 Å². The van der Waals surface area contributed by atoms with E-state index in [0.29, 0.717) is 0 Å². The van der Waals surface area contributed by atoms with Crippen LogP contribution < -0.4 is 0 Å². The average molecular weight is 302 g/mol.